The second kappa shape index (κ2) is 2.94. The molecule has 0 saturated heterocycles. The van der Waals surface area contributed by atoms with Crippen LogP contribution in [0.1, 0.15) is 24.8 Å². The van der Waals surface area contributed by atoms with Crippen molar-refractivity contribution in [3.8, 4) is 0 Å². The van der Waals surface area contributed by atoms with Crippen molar-refractivity contribution in [3.63, 3.8) is 0 Å². The molecule has 0 bridgehead atoms. The summed E-state index contributed by atoms with van der Waals surface area (Å²) >= 11 is 0. The third-order valence-corrected chi connectivity index (χ3v) is 4.56. The summed E-state index contributed by atoms with van der Waals surface area (Å²) in [5.74, 6) is 1.04. The molecule has 4 heteroatoms. The Morgan fingerprint density at radius 3 is 2.88 bits per heavy atom. The molecular formula is C13H16N4. The minimum atomic E-state index is 0.413. The molecule has 0 amide bonds. The van der Waals surface area contributed by atoms with E-state index in [0.717, 1.165) is 23.7 Å². The Bertz CT molecular complexity index is 530. The van der Waals surface area contributed by atoms with Gasteiger partial charge in [0.1, 0.15) is 18.6 Å². The molecule has 0 aromatic carbocycles. The largest absolute Gasteiger partial charge is 0.455 e. The normalized spacial score (nSPS) is 32.6. The van der Waals surface area contributed by atoms with E-state index in [-0.39, 0.29) is 0 Å². The first-order valence-corrected chi connectivity index (χ1v) is 6.12. The van der Waals surface area contributed by atoms with Crippen molar-refractivity contribution in [1.82, 2.24) is 9.97 Å². The van der Waals surface area contributed by atoms with E-state index in [4.69, 9.17) is 0 Å². The Hall–Kier alpha value is -1.26. The Labute approximate surface area is 101 Å². The van der Waals surface area contributed by atoms with Gasteiger partial charge in [-0.1, -0.05) is 0 Å². The summed E-state index contributed by atoms with van der Waals surface area (Å²) in [5.41, 5.74) is 4.43. The molecule has 17 heavy (non-hydrogen) atoms. The lowest BCUT2D eigenvalue weighted by molar-refractivity contribution is -0.906. The smallest absolute Gasteiger partial charge is 0.215 e. The molecule has 1 aromatic heterocycles. The number of aromatic nitrogens is 2. The summed E-state index contributed by atoms with van der Waals surface area (Å²) in [5, 5.41) is 0. The highest BCUT2D eigenvalue weighted by Crippen LogP contribution is 2.44. The second-order valence-electron chi connectivity index (χ2n) is 5.46. The van der Waals surface area contributed by atoms with Crippen molar-refractivity contribution < 1.29 is 9.80 Å². The van der Waals surface area contributed by atoms with E-state index < -0.39 is 0 Å². The van der Waals surface area contributed by atoms with Gasteiger partial charge in [-0.15, -0.1) is 14.1 Å². The highest BCUT2D eigenvalue weighted by Gasteiger charge is 2.54. The molecule has 1 saturated carbocycles. The minimum absolute atomic E-state index is 0.413. The van der Waals surface area contributed by atoms with Crippen LogP contribution >= 0.6 is 0 Å². The van der Waals surface area contributed by atoms with Gasteiger partial charge in [-0.25, -0.2) is 4.98 Å². The van der Waals surface area contributed by atoms with Crippen LogP contribution in [0.5, 0.6) is 0 Å². The van der Waals surface area contributed by atoms with Crippen molar-refractivity contribution >= 4 is 11.4 Å². The zero-order valence-corrected chi connectivity index (χ0v) is 9.79. The highest BCUT2D eigenvalue weighted by atomic mass is 15.3. The lowest BCUT2D eigenvalue weighted by Crippen LogP contribution is -3.17. The zero-order valence-electron chi connectivity index (χ0n) is 9.79. The number of hydrogen-bond donors (Lipinski definition) is 2. The molecule has 2 atom stereocenters. The van der Waals surface area contributed by atoms with Crippen LogP contribution in [0.25, 0.3) is 5.57 Å². The van der Waals surface area contributed by atoms with Gasteiger partial charge >= 0.3 is 0 Å². The van der Waals surface area contributed by atoms with Crippen molar-refractivity contribution in [1.29, 1.82) is 0 Å². The molecule has 3 aliphatic rings. The molecule has 1 aromatic rings. The Balaban J connectivity index is 1.85. The average Bonchev–Trinajstić information content (AvgIpc) is 3.07. The van der Waals surface area contributed by atoms with Crippen LogP contribution in [0.3, 0.4) is 0 Å². The first-order valence-electron chi connectivity index (χ1n) is 6.12. The minimum Gasteiger partial charge on any atom is -0.455 e. The molecule has 0 radical (unpaired) electrons. The first kappa shape index (κ1) is 9.74. The number of quaternary nitrogens is 2. The van der Waals surface area contributed by atoms with Gasteiger partial charge in [0.05, 0.1) is 11.1 Å². The molecule has 4 nitrogen and oxygen atoms in total. The summed E-state index contributed by atoms with van der Waals surface area (Å²) in [6.45, 7) is 0.991. The maximum atomic E-state index is 4.38. The predicted octanol–water partition coefficient (Wildman–Crippen LogP) is -0.878. The summed E-state index contributed by atoms with van der Waals surface area (Å²) in [7, 11) is 8.47. The Morgan fingerprint density at radius 2 is 2.12 bits per heavy atom. The van der Waals surface area contributed by atoms with E-state index in [1.807, 2.05) is 6.20 Å². The van der Waals surface area contributed by atoms with E-state index in [2.05, 4.69) is 24.1 Å². The summed E-state index contributed by atoms with van der Waals surface area (Å²) < 4.78 is 0. The maximum absolute atomic E-state index is 4.38. The fourth-order valence-corrected chi connectivity index (χ4v) is 3.24. The molecule has 2 unspecified atom stereocenters. The third kappa shape index (κ3) is 1.14. The van der Waals surface area contributed by atoms with Gasteiger partial charge in [0.15, 0.2) is 0 Å². The van der Waals surface area contributed by atoms with Crippen LogP contribution in [0.15, 0.2) is 18.2 Å². The highest BCUT2D eigenvalue weighted by molar-refractivity contribution is 5.76. The van der Waals surface area contributed by atoms with Crippen molar-refractivity contribution in [2.75, 3.05) is 6.54 Å². The fraction of sp³-hybridized carbons (Fsp3) is 0.385. The average molecular weight is 228 g/mol. The summed E-state index contributed by atoms with van der Waals surface area (Å²) in [4.78, 5) is 11.0. The van der Waals surface area contributed by atoms with Crippen molar-refractivity contribution in [3.05, 3.63) is 37.9 Å². The van der Waals surface area contributed by atoms with E-state index in [9.17, 15) is 0 Å². The molecule has 4 rings (SSSR count). The Morgan fingerprint density at radius 1 is 1.29 bits per heavy atom. The van der Waals surface area contributed by atoms with E-state index in [1.54, 1.807) is 6.33 Å². The summed E-state index contributed by atoms with van der Waals surface area (Å²) in [6, 6.07) is 0. The quantitative estimate of drug-likeness (QED) is 0.566. The van der Waals surface area contributed by atoms with Gasteiger partial charge in [-0.3, -0.25) is 0 Å². The number of hydrogen-bond acceptors (Lipinski definition) is 2. The van der Waals surface area contributed by atoms with Crippen LogP contribution < -0.4 is 9.80 Å². The van der Waals surface area contributed by atoms with Gasteiger partial charge in [-0.2, -0.15) is 4.98 Å². The van der Waals surface area contributed by atoms with Crippen LogP contribution in [0.4, 0.5) is 5.82 Å². The summed E-state index contributed by atoms with van der Waals surface area (Å²) in [6.07, 6.45) is 7.29. The number of nitrogens with one attached hydrogen (secondary N) is 2. The number of rotatable bonds is 0. The maximum Gasteiger partial charge on any atom is 0.215 e. The molecule has 88 valence electrons. The van der Waals surface area contributed by atoms with Crippen LogP contribution in [-0.2, 0) is 0 Å². The SMILES string of the molecule is [CH2-][NH+]1C2=C(CC3(CC3)[NH+]([CH2-])C2)c2cncnc21. The van der Waals surface area contributed by atoms with Crippen molar-refractivity contribution in [2.45, 2.75) is 24.8 Å². The van der Waals surface area contributed by atoms with E-state index in [1.165, 1.54) is 34.6 Å². The van der Waals surface area contributed by atoms with Crippen LogP contribution in [0, 0.1) is 14.1 Å². The topological polar surface area (TPSA) is 34.7 Å². The van der Waals surface area contributed by atoms with Gasteiger partial charge in [-0.05, 0) is 0 Å². The lowest BCUT2D eigenvalue weighted by Gasteiger charge is -2.36. The number of fused-ring (bicyclic) bond motifs is 2. The van der Waals surface area contributed by atoms with Crippen molar-refractivity contribution in [2.24, 2.45) is 0 Å². The monoisotopic (exact) mass is 228 g/mol. The molecule has 1 fully saturated rings. The number of nitrogens with zero attached hydrogens (tertiary/aromatic N) is 2. The second-order valence-corrected chi connectivity index (χ2v) is 5.46. The molecule has 1 aliphatic carbocycles. The Kier molecular flexibility index (Phi) is 1.69. The van der Waals surface area contributed by atoms with Gasteiger partial charge < -0.3 is 9.80 Å². The zero-order chi connectivity index (χ0) is 11.6. The van der Waals surface area contributed by atoms with Crippen LogP contribution in [-0.4, -0.2) is 22.1 Å². The van der Waals surface area contributed by atoms with E-state index >= 15 is 0 Å². The predicted molar refractivity (Wildman–Crippen MR) is 62.7 cm³/mol. The molecule has 2 N–H and O–H groups in total. The molecule has 3 heterocycles. The van der Waals surface area contributed by atoms with Gasteiger partial charge in [0, 0.05) is 31.0 Å². The molecular weight excluding hydrogens is 212 g/mol. The van der Waals surface area contributed by atoms with Crippen LogP contribution in [0.2, 0.25) is 0 Å². The fourth-order valence-electron chi connectivity index (χ4n) is 3.24. The van der Waals surface area contributed by atoms with E-state index in [0.29, 0.717) is 5.54 Å². The van der Waals surface area contributed by atoms with Gasteiger partial charge in [0.2, 0.25) is 5.82 Å². The molecule has 1 spiro atoms. The van der Waals surface area contributed by atoms with Gasteiger partial charge in [0.25, 0.3) is 0 Å². The standard InChI is InChI=1S/C13H16N4/c1-16-7-11-9(5-13(16)3-4-13)10-6-14-8-15-12(10)17(11)2/h6,8,16-17H,1-5,7H2. The third-order valence-electron chi connectivity index (χ3n) is 4.56. The first-order chi connectivity index (χ1) is 8.21. The molecule has 2 aliphatic heterocycles. The lowest BCUT2D eigenvalue weighted by atomic mass is 9.94.